The van der Waals surface area contributed by atoms with E-state index in [1.165, 1.54) is 12.1 Å². The minimum atomic E-state index is -2.89. The van der Waals surface area contributed by atoms with E-state index in [0.29, 0.717) is 70.5 Å². The molecule has 2 saturated heterocycles. The summed E-state index contributed by atoms with van der Waals surface area (Å²) >= 11 is 0. The van der Waals surface area contributed by atoms with Crippen LogP contribution in [0.4, 0.5) is 10.3 Å². The van der Waals surface area contributed by atoms with Crippen LogP contribution in [0.1, 0.15) is 0 Å². The molecule has 0 saturated carbocycles. The molecule has 0 unspecified atom stereocenters. The number of nitrogens with one attached hydrogen (secondary N) is 1. The van der Waals surface area contributed by atoms with Gasteiger partial charge in [-0.05, 0) is 24.3 Å². The molecule has 2 fully saturated rings. The monoisotopic (exact) mass is 477 g/mol. The standard InChI is InChI=1S/C21H28FN7O3S/c22-18-3-1-17(2-4-18)19-15-24-26-21(25-19)29-9-7-28(8-10-29)16-20(30)23-5-6-27-11-13-33(31,32)14-12-27/h1-4,15H,5-14,16H2,(H,23,30). The molecule has 2 aromatic rings. The number of halogens is 1. The van der Waals surface area contributed by atoms with Crippen molar-refractivity contribution in [2.24, 2.45) is 0 Å². The third-order valence-electron chi connectivity index (χ3n) is 5.90. The summed E-state index contributed by atoms with van der Waals surface area (Å²) in [5.41, 5.74) is 1.40. The number of aromatic nitrogens is 3. The molecule has 1 N–H and O–H groups in total. The van der Waals surface area contributed by atoms with Gasteiger partial charge >= 0.3 is 0 Å². The molecular weight excluding hydrogens is 449 g/mol. The molecule has 0 spiro atoms. The number of sulfone groups is 1. The maximum Gasteiger partial charge on any atom is 0.245 e. The normalized spacial score (nSPS) is 19.4. The highest BCUT2D eigenvalue weighted by atomic mass is 32.2. The van der Waals surface area contributed by atoms with E-state index >= 15 is 0 Å². The number of hydrogen-bond acceptors (Lipinski definition) is 9. The van der Waals surface area contributed by atoms with E-state index in [2.05, 4.69) is 30.3 Å². The minimum Gasteiger partial charge on any atom is -0.354 e. The van der Waals surface area contributed by atoms with Crippen LogP contribution < -0.4 is 10.2 Å². The van der Waals surface area contributed by atoms with Gasteiger partial charge in [-0.2, -0.15) is 5.10 Å². The molecule has 2 aliphatic rings. The van der Waals surface area contributed by atoms with Gasteiger partial charge in [-0.25, -0.2) is 17.8 Å². The number of hydrogen-bond donors (Lipinski definition) is 1. The van der Waals surface area contributed by atoms with Gasteiger partial charge in [0.2, 0.25) is 11.9 Å². The first-order valence-electron chi connectivity index (χ1n) is 11.0. The van der Waals surface area contributed by atoms with Crippen molar-refractivity contribution < 1.29 is 17.6 Å². The first-order valence-corrected chi connectivity index (χ1v) is 12.8. The second-order valence-corrected chi connectivity index (χ2v) is 10.6. The zero-order chi connectivity index (χ0) is 23.3. The van der Waals surface area contributed by atoms with E-state index in [1.807, 2.05) is 4.90 Å². The number of benzene rings is 1. The van der Waals surface area contributed by atoms with Crippen molar-refractivity contribution >= 4 is 21.7 Å². The summed E-state index contributed by atoms with van der Waals surface area (Å²) < 4.78 is 36.1. The molecule has 1 aromatic carbocycles. The van der Waals surface area contributed by atoms with Gasteiger partial charge in [0, 0.05) is 57.9 Å². The third kappa shape index (κ3) is 6.65. The van der Waals surface area contributed by atoms with Crippen LogP contribution >= 0.6 is 0 Å². The van der Waals surface area contributed by atoms with Gasteiger partial charge in [0.25, 0.3) is 0 Å². The molecule has 3 heterocycles. The quantitative estimate of drug-likeness (QED) is 0.572. The predicted octanol–water partition coefficient (Wildman–Crippen LogP) is -0.354. The lowest BCUT2D eigenvalue weighted by molar-refractivity contribution is -0.122. The molecule has 2 aliphatic heterocycles. The van der Waals surface area contributed by atoms with Gasteiger partial charge in [0.15, 0.2) is 9.84 Å². The first kappa shape index (κ1) is 23.5. The number of amides is 1. The van der Waals surface area contributed by atoms with Crippen LogP contribution in [0.3, 0.4) is 0 Å². The van der Waals surface area contributed by atoms with Crippen molar-refractivity contribution in [1.82, 2.24) is 30.3 Å². The Bertz CT molecular complexity index is 1050. The molecule has 1 aromatic heterocycles. The Morgan fingerprint density at radius 3 is 2.39 bits per heavy atom. The van der Waals surface area contributed by atoms with Gasteiger partial charge < -0.3 is 10.2 Å². The van der Waals surface area contributed by atoms with Gasteiger partial charge in [0.05, 0.1) is 29.9 Å². The first-order chi connectivity index (χ1) is 15.9. The SMILES string of the molecule is O=C(CN1CCN(c2nncc(-c3ccc(F)cc3)n2)CC1)NCCN1CCS(=O)(=O)CC1. The Balaban J connectivity index is 1.19. The summed E-state index contributed by atoms with van der Waals surface area (Å²) in [6, 6.07) is 6.09. The molecule has 33 heavy (non-hydrogen) atoms. The average Bonchev–Trinajstić information content (AvgIpc) is 2.81. The lowest BCUT2D eigenvalue weighted by Crippen LogP contribution is -2.50. The van der Waals surface area contributed by atoms with Crippen LogP contribution in [0.15, 0.2) is 30.5 Å². The smallest absolute Gasteiger partial charge is 0.245 e. The van der Waals surface area contributed by atoms with Crippen molar-refractivity contribution in [1.29, 1.82) is 0 Å². The zero-order valence-electron chi connectivity index (χ0n) is 18.4. The van der Waals surface area contributed by atoms with E-state index < -0.39 is 9.84 Å². The molecule has 12 heteroatoms. The molecule has 0 radical (unpaired) electrons. The summed E-state index contributed by atoms with van der Waals surface area (Å²) in [4.78, 5) is 23.0. The zero-order valence-corrected chi connectivity index (χ0v) is 19.2. The molecule has 0 bridgehead atoms. The highest BCUT2D eigenvalue weighted by molar-refractivity contribution is 7.91. The topological polar surface area (TPSA) is 112 Å². The largest absolute Gasteiger partial charge is 0.354 e. The van der Waals surface area contributed by atoms with Crippen LogP contribution in [0, 0.1) is 5.82 Å². The number of carbonyl (C=O) groups excluding carboxylic acids is 1. The molecule has 0 atom stereocenters. The van der Waals surface area contributed by atoms with Gasteiger partial charge in [0.1, 0.15) is 5.82 Å². The number of carbonyl (C=O) groups is 1. The van der Waals surface area contributed by atoms with Crippen molar-refractivity contribution in [3.63, 3.8) is 0 Å². The summed E-state index contributed by atoms with van der Waals surface area (Å²) in [6.07, 6.45) is 1.56. The number of piperazine rings is 1. The second-order valence-electron chi connectivity index (χ2n) is 8.26. The van der Waals surface area contributed by atoms with Crippen LogP contribution in [0.25, 0.3) is 11.3 Å². The van der Waals surface area contributed by atoms with Crippen molar-refractivity contribution in [2.75, 3.05) is 75.3 Å². The molecule has 1 amide bonds. The minimum absolute atomic E-state index is 0.0377. The highest BCUT2D eigenvalue weighted by Crippen LogP contribution is 2.19. The highest BCUT2D eigenvalue weighted by Gasteiger charge is 2.23. The fourth-order valence-electron chi connectivity index (χ4n) is 3.88. The van der Waals surface area contributed by atoms with E-state index in [4.69, 9.17) is 0 Å². The van der Waals surface area contributed by atoms with E-state index in [9.17, 15) is 17.6 Å². The summed E-state index contributed by atoms with van der Waals surface area (Å²) in [5.74, 6) is 0.561. The van der Waals surface area contributed by atoms with Gasteiger partial charge in [-0.15, -0.1) is 5.10 Å². The summed E-state index contributed by atoms with van der Waals surface area (Å²) in [6.45, 7) is 5.27. The van der Waals surface area contributed by atoms with Crippen LogP contribution in [0.5, 0.6) is 0 Å². The number of anilines is 1. The molecule has 4 rings (SSSR count). The van der Waals surface area contributed by atoms with Crippen molar-refractivity contribution in [3.05, 3.63) is 36.3 Å². The lowest BCUT2D eigenvalue weighted by atomic mass is 10.2. The molecule has 0 aliphatic carbocycles. The Hall–Kier alpha value is -2.70. The van der Waals surface area contributed by atoms with E-state index in [1.54, 1.807) is 18.3 Å². The Morgan fingerprint density at radius 2 is 1.70 bits per heavy atom. The maximum atomic E-state index is 13.2. The lowest BCUT2D eigenvalue weighted by Gasteiger charge is -2.34. The van der Waals surface area contributed by atoms with Crippen LogP contribution in [-0.4, -0.2) is 110 Å². The summed E-state index contributed by atoms with van der Waals surface area (Å²) in [7, 11) is -2.89. The molecular formula is C21H28FN7O3S. The van der Waals surface area contributed by atoms with Gasteiger partial charge in [-0.1, -0.05) is 0 Å². The molecule has 178 valence electrons. The summed E-state index contributed by atoms with van der Waals surface area (Å²) in [5, 5.41) is 11.1. The van der Waals surface area contributed by atoms with E-state index in [0.717, 1.165) is 5.56 Å². The Morgan fingerprint density at radius 1 is 1.00 bits per heavy atom. The second kappa shape index (κ2) is 10.5. The van der Waals surface area contributed by atoms with Crippen LogP contribution in [0.2, 0.25) is 0 Å². The number of nitrogens with zero attached hydrogens (tertiary/aromatic N) is 6. The van der Waals surface area contributed by atoms with E-state index in [-0.39, 0.29) is 23.2 Å². The predicted molar refractivity (Wildman–Crippen MR) is 122 cm³/mol. The maximum absolute atomic E-state index is 13.2. The molecule has 10 nitrogen and oxygen atoms in total. The average molecular weight is 478 g/mol. The van der Waals surface area contributed by atoms with Crippen molar-refractivity contribution in [2.45, 2.75) is 0 Å². The fraction of sp³-hybridized carbons (Fsp3) is 0.524. The Labute approximate surface area is 192 Å². The van der Waals surface area contributed by atoms with Gasteiger partial charge in [-0.3, -0.25) is 14.6 Å². The third-order valence-corrected chi connectivity index (χ3v) is 7.51. The number of rotatable bonds is 7. The Kier molecular flexibility index (Phi) is 7.46. The fourth-order valence-corrected chi connectivity index (χ4v) is 5.16. The van der Waals surface area contributed by atoms with Crippen LogP contribution in [-0.2, 0) is 14.6 Å². The van der Waals surface area contributed by atoms with Crippen molar-refractivity contribution in [3.8, 4) is 11.3 Å².